The summed E-state index contributed by atoms with van der Waals surface area (Å²) in [6.45, 7) is 5.85. The number of benzene rings is 1. The highest BCUT2D eigenvalue weighted by molar-refractivity contribution is 5.87. The van der Waals surface area contributed by atoms with Crippen LogP contribution in [0, 0.1) is 20.8 Å². The highest BCUT2D eigenvalue weighted by atomic mass is 16.5. The number of hydrogen-bond acceptors (Lipinski definition) is 5. The van der Waals surface area contributed by atoms with Crippen molar-refractivity contribution in [2.45, 2.75) is 20.8 Å². The summed E-state index contributed by atoms with van der Waals surface area (Å²) in [7, 11) is 1.33. The van der Waals surface area contributed by atoms with Gasteiger partial charge in [-0.25, -0.2) is 14.8 Å². The van der Waals surface area contributed by atoms with Crippen LogP contribution in [0.5, 0.6) is 0 Å². The highest BCUT2D eigenvalue weighted by Crippen LogP contribution is 2.18. The molecule has 0 aliphatic rings. The summed E-state index contributed by atoms with van der Waals surface area (Å²) in [6.07, 6.45) is 0. The number of aryl methyl sites for hydroxylation is 3. The molecule has 1 aromatic carbocycles. The Morgan fingerprint density at radius 2 is 1.70 bits per heavy atom. The fourth-order valence-electron chi connectivity index (χ4n) is 2.01. The van der Waals surface area contributed by atoms with Gasteiger partial charge in [-0.1, -0.05) is 6.07 Å². The second-order valence-corrected chi connectivity index (χ2v) is 4.71. The van der Waals surface area contributed by atoms with Crippen LogP contribution in [0.3, 0.4) is 0 Å². The lowest BCUT2D eigenvalue weighted by molar-refractivity contribution is 0.0594. The van der Waals surface area contributed by atoms with E-state index in [0.717, 1.165) is 16.8 Å². The van der Waals surface area contributed by atoms with Crippen molar-refractivity contribution in [3.63, 3.8) is 0 Å². The van der Waals surface area contributed by atoms with Crippen molar-refractivity contribution in [3.05, 3.63) is 46.8 Å². The maximum atomic E-state index is 11.5. The van der Waals surface area contributed by atoms with Crippen LogP contribution in [-0.4, -0.2) is 23.0 Å². The van der Waals surface area contributed by atoms with Crippen molar-refractivity contribution in [3.8, 4) is 0 Å². The second kappa shape index (κ2) is 5.69. The van der Waals surface area contributed by atoms with Crippen molar-refractivity contribution in [1.82, 2.24) is 9.97 Å². The Balaban J connectivity index is 2.33. The molecule has 2 rings (SSSR count). The summed E-state index contributed by atoms with van der Waals surface area (Å²) < 4.78 is 4.68. The van der Waals surface area contributed by atoms with Gasteiger partial charge in [-0.05, 0) is 50.1 Å². The number of esters is 1. The summed E-state index contributed by atoms with van der Waals surface area (Å²) in [5, 5.41) is 3.12. The van der Waals surface area contributed by atoms with Gasteiger partial charge in [-0.2, -0.15) is 0 Å². The Morgan fingerprint density at radius 1 is 1.05 bits per heavy atom. The van der Waals surface area contributed by atoms with E-state index in [4.69, 9.17) is 0 Å². The smallest absolute Gasteiger partial charge is 0.356 e. The number of anilines is 2. The number of carbonyl (C=O) groups is 1. The average Bonchev–Trinajstić information content (AvgIpc) is 2.35. The molecule has 0 amide bonds. The lowest BCUT2D eigenvalue weighted by atomic mass is 10.1. The second-order valence-electron chi connectivity index (χ2n) is 4.71. The monoisotopic (exact) mass is 271 g/mol. The van der Waals surface area contributed by atoms with Crippen molar-refractivity contribution in [2.24, 2.45) is 0 Å². The van der Waals surface area contributed by atoms with E-state index in [9.17, 15) is 4.79 Å². The zero-order valence-electron chi connectivity index (χ0n) is 12.0. The Hall–Kier alpha value is -2.43. The quantitative estimate of drug-likeness (QED) is 0.869. The molecule has 2 aromatic rings. The molecule has 0 saturated heterocycles. The maximum Gasteiger partial charge on any atom is 0.356 e. The molecule has 20 heavy (non-hydrogen) atoms. The molecule has 0 aliphatic carbocycles. The average molecular weight is 271 g/mol. The fourth-order valence-corrected chi connectivity index (χ4v) is 2.01. The molecule has 0 bridgehead atoms. The minimum atomic E-state index is -0.473. The van der Waals surface area contributed by atoms with Crippen molar-refractivity contribution in [1.29, 1.82) is 0 Å². The lowest BCUT2D eigenvalue weighted by Crippen LogP contribution is -2.08. The third-order valence-electron chi connectivity index (χ3n) is 2.73. The molecule has 5 nitrogen and oxygen atoms in total. The molecule has 0 aliphatic heterocycles. The molecule has 1 aromatic heterocycles. The lowest BCUT2D eigenvalue weighted by Gasteiger charge is -2.09. The first-order valence-electron chi connectivity index (χ1n) is 6.27. The number of rotatable bonds is 3. The van der Waals surface area contributed by atoms with Crippen molar-refractivity contribution < 1.29 is 9.53 Å². The fraction of sp³-hybridized carbons (Fsp3) is 0.267. The zero-order chi connectivity index (χ0) is 14.7. The Labute approximate surface area is 118 Å². The standard InChI is InChI=1S/C15H17N3O2/c1-9-5-10(2)7-12(6-9)17-15-16-11(3)8-13(18-15)14(19)20-4/h5-8H,1-4H3,(H,16,17,18). The molecule has 1 N–H and O–H groups in total. The predicted molar refractivity (Wildman–Crippen MR) is 77.3 cm³/mol. The van der Waals surface area contributed by atoms with Gasteiger partial charge in [0.2, 0.25) is 5.95 Å². The first-order chi connectivity index (χ1) is 9.47. The van der Waals surface area contributed by atoms with Crippen molar-refractivity contribution >= 4 is 17.6 Å². The van der Waals surface area contributed by atoms with Crippen LogP contribution in [0.4, 0.5) is 11.6 Å². The predicted octanol–water partition coefficient (Wildman–Crippen LogP) is 2.93. The van der Waals surface area contributed by atoms with Gasteiger partial charge < -0.3 is 10.1 Å². The first kappa shape index (κ1) is 14.0. The molecule has 0 unspecified atom stereocenters. The number of carbonyl (C=O) groups excluding carboxylic acids is 1. The Morgan fingerprint density at radius 3 is 2.30 bits per heavy atom. The van der Waals surface area contributed by atoms with Crippen molar-refractivity contribution in [2.75, 3.05) is 12.4 Å². The molecule has 5 heteroatoms. The Bertz CT molecular complexity index is 633. The maximum absolute atomic E-state index is 11.5. The highest BCUT2D eigenvalue weighted by Gasteiger charge is 2.10. The molecular formula is C15H17N3O2. The number of nitrogens with zero attached hydrogens (tertiary/aromatic N) is 2. The first-order valence-corrected chi connectivity index (χ1v) is 6.27. The van der Waals surface area contributed by atoms with Gasteiger partial charge in [0.05, 0.1) is 7.11 Å². The van der Waals surface area contributed by atoms with Crippen LogP contribution in [0.15, 0.2) is 24.3 Å². The number of ether oxygens (including phenoxy) is 1. The van der Waals surface area contributed by atoms with E-state index >= 15 is 0 Å². The van der Waals surface area contributed by atoms with Crippen LogP contribution in [0.2, 0.25) is 0 Å². The minimum Gasteiger partial charge on any atom is -0.464 e. The van der Waals surface area contributed by atoms with Crippen LogP contribution < -0.4 is 5.32 Å². The SMILES string of the molecule is COC(=O)c1cc(C)nc(Nc2cc(C)cc(C)c2)n1. The zero-order valence-corrected chi connectivity index (χ0v) is 12.0. The molecule has 0 spiro atoms. The van der Waals surface area contributed by atoms with Gasteiger partial charge in [-0.15, -0.1) is 0 Å². The normalized spacial score (nSPS) is 10.2. The van der Waals surface area contributed by atoms with Gasteiger partial charge in [-0.3, -0.25) is 0 Å². The number of aromatic nitrogens is 2. The Kier molecular flexibility index (Phi) is 3.98. The van der Waals surface area contributed by atoms with E-state index in [2.05, 4.69) is 26.1 Å². The molecule has 1 heterocycles. The van der Waals surface area contributed by atoms with E-state index in [-0.39, 0.29) is 5.69 Å². The molecule has 104 valence electrons. The number of hydrogen-bond donors (Lipinski definition) is 1. The summed E-state index contributed by atoms with van der Waals surface area (Å²) >= 11 is 0. The van der Waals surface area contributed by atoms with Gasteiger partial charge in [0.1, 0.15) is 0 Å². The van der Waals surface area contributed by atoms with Crippen LogP contribution in [0.1, 0.15) is 27.3 Å². The summed E-state index contributed by atoms with van der Waals surface area (Å²) in [6, 6.07) is 7.67. The molecule has 0 radical (unpaired) electrons. The third-order valence-corrected chi connectivity index (χ3v) is 2.73. The van der Waals surface area contributed by atoms with E-state index in [1.165, 1.54) is 7.11 Å². The minimum absolute atomic E-state index is 0.242. The molecule has 0 saturated carbocycles. The van der Waals surface area contributed by atoms with E-state index in [1.54, 1.807) is 13.0 Å². The third kappa shape index (κ3) is 3.32. The number of nitrogens with one attached hydrogen (secondary N) is 1. The molecular weight excluding hydrogens is 254 g/mol. The largest absolute Gasteiger partial charge is 0.464 e. The van der Waals surface area contributed by atoms with Gasteiger partial charge in [0.15, 0.2) is 5.69 Å². The van der Waals surface area contributed by atoms with Gasteiger partial charge in [0, 0.05) is 11.4 Å². The van der Waals surface area contributed by atoms with E-state index in [1.807, 2.05) is 26.0 Å². The van der Waals surface area contributed by atoms with Gasteiger partial charge in [0.25, 0.3) is 0 Å². The van der Waals surface area contributed by atoms with E-state index in [0.29, 0.717) is 11.6 Å². The molecule has 0 fully saturated rings. The summed E-state index contributed by atoms with van der Waals surface area (Å²) in [5.41, 5.74) is 4.13. The topological polar surface area (TPSA) is 64.1 Å². The molecule has 0 atom stereocenters. The van der Waals surface area contributed by atoms with Crippen LogP contribution >= 0.6 is 0 Å². The van der Waals surface area contributed by atoms with E-state index < -0.39 is 5.97 Å². The van der Waals surface area contributed by atoms with Gasteiger partial charge >= 0.3 is 5.97 Å². The van der Waals surface area contributed by atoms with Crippen LogP contribution in [-0.2, 0) is 4.74 Å². The summed E-state index contributed by atoms with van der Waals surface area (Å²) in [5.74, 6) is -0.0885. The number of methoxy groups -OCH3 is 1. The summed E-state index contributed by atoms with van der Waals surface area (Å²) in [4.78, 5) is 20.0. The van der Waals surface area contributed by atoms with Crippen LogP contribution in [0.25, 0.3) is 0 Å².